The number of thiophene rings is 1. The van der Waals surface area contributed by atoms with Gasteiger partial charge in [0.25, 0.3) is 0 Å². The molecule has 1 aliphatic carbocycles. The summed E-state index contributed by atoms with van der Waals surface area (Å²) in [5, 5.41) is 10.8. The fraction of sp³-hybridized carbons (Fsp3) is 0.455. The molecule has 150 valence electrons. The second-order valence-electron chi connectivity index (χ2n) is 7.55. The molecular weight excluding hydrogens is 370 g/mol. The number of hydrogen-bond acceptors (Lipinski definition) is 4. The first-order chi connectivity index (χ1) is 13.5. The van der Waals surface area contributed by atoms with E-state index in [9.17, 15) is 9.59 Å². The van der Waals surface area contributed by atoms with E-state index in [4.69, 9.17) is 0 Å². The first-order valence-electron chi connectivity index (χ1n) is 10.0. The van der Waals surface area contributed by atoms with Crippen LogP contribution in [0.15, 0.2) is 41.8 Å². The standard InChI is InChI=1S/C22H29N3O2S/c1-15-10-12-17(13-11-15)20(19-9-6-14-28-19)23-16(2)21(26)25-22(27)24-18-7-4-3-5-8-18/h6,9-14,16,18,20,23H,3-5,7-8H2,1-2H3,(H2,24,25,26,27)/t16-,20-/m1/s1. The van der Waals surface area contributed by atoms with Gasteiger partial charge in [0.15, 0.2) is 0 Å². The molecule has 0 unspecified atom stereocenters. The number of imide groups is 1. The predicted molar refractivity (Wildman–Crippen MR) is 113 cm³/mol. The van der Waals surface area contributed by atoms with Crippen LogP contribution in [0.5, 0.6) is 0 Å². The minimum absolute atomic E-state index is 0.0947. The number of urea groups is 1. The fourth-order valence-electron chi connectivity index (χ4n) is 3.57. The summed E-state index contributed by atoms with van der Waals surface area (Å²) < 4.78 is 0. The third kappa shape index (κ3) is 5.66. The van der Waals surface area contributed by atoms with E-state index in [1.165, 1.54) is 12.0 Å². The monoisotopic (exact) mass is 399 g/mol. The zero-order valence-electron chi connectivity index (χ0n) is 16.5. The van der Waals surface area contributed by atoms with Gasteiger partial charge in [0.2, 0.25) is 5.91 Å². The van der Waals surface area contributed by atoms with Crippen molar-refractivity contribution in [2.75, 3.05) is 0 Å². The Morgan fingerprint density at radius 1 is 1.07 bits per heavy atom. The SMILES string of the molecule is Cc1ccc([C@@H](N[C@H](C)C(=O)NC(=O)NC2CCCCC2)c2cccs2)cc1. The van der Waals surface area contributed by atoms with Crippen LogP contribution in [-0.4, -0.2) is 24.0 Å². The number of rotatable bonds is 6. The fourth-order valence-corrected chi connectivity index (χ4v) is 4.38. The Bertz CT molecular complexity index is 768. The molecule has 1 heterocycles. The van der Waals surface area contributed by atoms with Gasteiger partial charge < -0.3 is 5.32 Å². The lowest BCUT2D eigenvalue weighted by Gasteiger charge is -2.24. The van der Waals surface area contributed by atoms with Crippen LogP contribution in [0.3, 0.4) is 0 Å². The van der Waals surface area contributed by atoms with E-state index in [1.807, 2.05) is 11.4 Å². The van der Waals surface area contributed by atoms with Gasteiger partial charge in [0, 0.05) is 10.9 Å². The number of amides is 3. The van der Waals surface area contributed by atoms with Crippen molar-refractivity contribution in [1.82, 2.24) is 16.0 Å². The molecule has 1 fully saturated rings. The Hall–Kier alpha value is -2.18. The number of benzene rings is 1. The average Bonchev–Trinajstić information content (AvgIpc) is 3.22. The first-order valence-corrected chi connectivity index (χ1v) is 10.9. The molecule has 0 aliphatic heterocycles. The first kappa shape index (κ1) is 20.6. The topological polar surface area (TPSA) is 70.2 Å². The summed E-state index contributed by atoms with van der Waals surface area (Å²) in [6.45, 7) is 3.84. The summed E-state index contributed by atoms with van der Waals surface area (Å²) in [4.78, 5) is 25.9. The molecule has 1 aromatic heterocycles. The molecule has 1 aromatic carbocycles. The van der Waals surface area contributed by atoms with Gasteiger partial charge in [0.05, 0.1) is 12.1 Å². The second-order valence-corrected chi connectivity index (χ2v) is 8.52. The summed E-state index contributed by atoms with van der Waals surface area (Å²) in [7, 11) is 0. The molecule has 0 radical (unpaired) electrons. The molecular formula is C22H29N3O2S. The number of hydrogen-bond donors (Lipinski definition) is 3. The van der Waals surface area contributed by atoms with Gasteiger partial charge in [-0.25, -0.2) is 4.79 Å². The maximum Gasteiger partial charge on any atom is 0.321 e. The van der Waals surface area contributed by atoms with Crippen molar-refractivity contribution < 1.29 is 9.59 Å². The van der Waals surface area contributed by atoms with E-state index in [-0.39, 0.29) is 18.0 Å². The molecule has 1 saturated carbocycles. The van der Waals surface area contributed by atoms with Crippen molar-refractivity contribution >= 4 is 23.3 Å². The highest BCUT2D eigenvalue weighted by atomic mass is 32.1. The number of carbonyl (C=O) groups excluding carboxylic acids is 2. The van der Waals surface area contributed by atoms with Crippen molar-refractivity contribution in [3.05, 3.63) is 57.8 Å². The molecule has 3 rings (SSSR count). The molecule has 0 spiro atoms. The van der Waals surface area contributed by atoms with Gasteiger partial charge in [-0.05, 0) is 43.7 Å². The predicted octanol–water partition coefficient (Wildman–Crippen LogP) is 4.28. The Morgan fingerprint density at radius 2 is 1.79 bits per heavy atom. The van der Waals surface area contributed by atoms with Gasteiger partial charge in [-0.1, -0.05) is 55.2 Å². The van der Waals surface area contributed by atoms with Crippen LogP contribution in [-0.2, 0) is 4.79 Å². The van der Waals surface area contributed by atoms with Crippen LogP contribution < -0.4 is 16.0 Å². The molecule has 3 N–H and O–H groups in total. The molecule has 1 aliphatic rings. The second kappa shape index (κ2) is 9.85. The van der Waals surface area contributed by atoms with E-state index in [1.54, 1.807) is 18.3 Å². The van der Waals surface area contributed by atoms with Crippen molar-refractivity contribution in [1.29, 1.82) is 0 Å². The minimum Gasteiger partial charge on any atom is -0.335 e. The Kier molecular flexibility index (Phi) is 7.23. The van der Waals surface area contributed by atoms with E-state index in [0.29, 0.717) is 0 Å². The third-order valence-corrected chi connectivity index (χ3v) is 6.16. The normalized spacial score (nSPS) is 16.9. The minimum atomic E-state index is -0.509. The summed E-state index contributed by atoms with van der Waals surface area (Å²) in [5.74, 6) is -0.318. The maximum absolute atomic E-state index is 12.6. The lowest BCUT2D eigenvalue weighted by Crippen LogP contribution is -2.51. The van der Waals surface area contributed by atoms with E-state index in [0.717, 1.165) is 36.1 Å². The number of aryl methyl sites for hydroxylation is 1. The quantitative estimate of drug-likeness (QED) is 0.679. The number of nitrogens with one attached hydrogen (secondary N) is 3. The Morgan fingerprint density at radius 3 is 2.43 bits per heavy atom. The highest BCUT2D eigenvalue weighted by Gasteiger charge is 2.23. The van der Waals surface area contributed by atoms with E-state index >= 15 is 0 Å². The van der Waals surface area contributed by atoms with Gasteiger partial charge >= 0.3 is 6.03 Å². The van der Waals surface area contributed by atoms with Crippen LogP contribution in [0.25, 0.3) is 0 Å². The molecule has 3 amide bonds. The van der Waals surface area contributed by atoms with Crippen LogP contribution >= 0.6 is 11.3 Å². The lowest BCUT2D eigenvalue weighted by molar-refractivity contribution is -0.121. The van der Waals surface area contributed by atoms with E-state index < -0.39 is 12.1 Å². The largest absolute Gasteiger partial charge is 0.335 e. The zero-order valence-corrected chi connectivity index (χ0v) is 17.4. The highest BCUT2D eigenvalue weighted by molar-refractivity contribution is 7.10. The summed E-state index contributed by atoms with van der Waals surface area (Å²) in [5.41, 5.74) is 2.29. The van der Waals surface area contributed by atoms with Crippen molar-refractivity contribution in [3.63, 3.8) is 0 Å². The molecule has 28 heavy (non-hydrogen) atoms. The highest BCUT2D eigenvalue weighted by Crippen LogP contribution is 2.27. The van der Waals surface area contributed by atoms with Crippen molar-refractivity contribution in [3.8, 4) is 0 Å². The molecule has 0 saturated heterocycles. The molecule has 2 aromatic rings. The van der Waals surface area contributed by atoms with E-state index in [2.05, 4.69) is 53.2 Å². The van der Waals surface area contributed by atoms with Gasteiger partial charge in [-0.3, -0.25) is 15.4 Å². The Balaban J connectivity index is 1.61. The molecule has 2 atom stereocenters. The van der Waals surface area contributed by atoms with Crippen LogP contribution in [0.2, 0.25) is 0 Å². The van der Waals surface area contributed by atoms with Crippen LogP contribution in [0, 0.1) is 6.92 Å². The van der Waals surface area contributed by atoms with Crippen LogP contribution in [0.1, 0.15) is 61.1 Å². The number of carbonyl (C=O) groups is 2. The molecule has 0 bridgehead atoms. The van der Waals surface area contributed by atoms with Crippen molar-refractivity contribution in [2.45, 2.75) is 64.1 Å². The van der Waals surface area contributed by atoms with Crippen LogP contribution in [0.4, 0.5) is 4.79 Å². The van der Waals surface area contributed by atoms with Gasteiger partial charge in [-0.15, -0.1) is 11.3 Å². The summed E-state index contributed by atoms with van der Waals surface area (Å²) in [6, 6.07) is 11.5. The van der Waals surface area contributed by atoms with Gasteiger partial charge in [0.1, 0.15) is 0 Å². The molecule has 6 heteroatoms. The summed E-state index contributed by atoms with van der Waals surface area (Å²) >= 11 is 1.65. The van der Waals surface area contributed by atoms with Gasteiger partial charge in [-0.2, -0.15) is 0 Å². The van der Waals surface area contributed by atoms with Crippen molar-refractivity contribution in [2.24, 2.45) is 0 Å². The third-order valence-electron chi connectivity index (χ3n) is 5.23. The average molecular weight is 400 g/mol. The maximum atomic E-state index is 12.6. The zero-order chi connectivity index (χ0) is 19.9. The summed E-state index contributed by atoms with van der Waals surface area (Å²) in [6.07, 6.45) is 5.47. The lowest BCUT2D eigenvalue weighted by atomic mass is 9.96. The molecule has 5 nitrogen and oxygen atoms in total. The Labute approximate surface area is 170 Å². The smallest absolute Gasteiger partial charge is 0.321 e.